The summed E-state index contributed by atoms with van der Waals surface area (Å²) in [5.74, 6) is 0.733. The molecular weight excluding hydrogens is 344 g/mol. The van der Waals surface area contributed by atoms with Crippen LogP contribution in [0.25, 0.3) is 0 Å². The van der Waals surface area contributed by atoms with E-state index in [1.165, 1.54) is 5.56 Å². The zero-order chi connectivity index (χ0) is 18.6. The maximum Gasteiger partial charge on any atom is 0.322 e. The van der Waals surface area contributed by atoms with E-state index in [-0.39, 0.29) is 18.1 Å². The maximum absolute atomic E-state index is 12.6. The normalized spacial score (nSPS) is 16.9. The minimum absolute atomic E-state index is 0.0410. The number of nitrogens with zero attached hydrogens (tertiary/aromatic N) is 2. The second-order valence-electron chi connectivity index (χ2n) is 6.98. The number of para-hydroxylation sites is 1. The third kappa shape index (κ3) is 3.92. The molecular formula is C20H24N4O3. The van der Waals surface area contributed by atoms with E-state index in [1.807, 2.05) is 29.2 Å². The highest BCUT2D eigenvalue weighted by molar-refractivity contribution is 5.94. The standard InChI is InChI=1S/C20H24N4O3/c25-19(21-14-17-5-3-13-27-17)23-10-8-16(9-11-23)22-20(26)24-12-7-15-4-1-2-6-18(15)24/h1-6,13,16H,7-12,14H2,(H,21,25)(H,22,26). The minimum atomic E-state index is -0.0929. The molecule has 2 N–H and O–H groups in total. The molecule has 0 spiro atoms. The van der Waals surface area contributed by atoms with Crippen LogP contribution in [0.4, 0.5) is 15.3 Å². The number of hydrogen-bond donors (Lipinski definition) is 2. The summed E-state index contributed by atoms with van der Waals surface area (Å²) in [7, 11) is 0. The molecule has 2 aliphatic rings. The van der Waals surface area contributed by atoms with Gasteiger partial charge in [0.05, 0.1) is 12.8 Å². The first-order valence-electron chi connectivity index (χ1n) is 9.42. The molecule has 7 nitrogen and oxygen atoms in total. The van der Waals surface area contributed by atoms with Crippen molar-refractivity contribution in [2.24, 2.45) is 0 Å². The predicted molar refractivity (Wildman–Crippen MR) is 102 cm³/mol. The van der Waals surface area contributed by atoms with E-state index >= 15 is 0 Å². The fourth-order valence-corrected chi connectivity index (χ4v) is 3.72. The van der Waals surface area contributed by atoms with Gasteiger partial charge < -0.3 is 20.0 Å². The summed E-state index contributed by atoms with van der Waals surface area (Å²) in [6, 6.07) is 11.6. The molecule has 2 aromatic rings. The molecule has 0 bridgehead atoms. The van der Waals surface area contributed by atoms with E-state index in [0.29, 0.717) is 19.6 Å². The van der Waals surface area contributed by atoms with E-state index in [4.69, 9.17) is 4.42 Å². The molecule has 1 fully saturated rings. The summed E-state index contributed by atoms with van der Waals surface area (Å²) < 4.78 is 5.22. The van der Waals surface area contributed by atoms with Crippen LogP contribution in [0.3, 0.4) is 0 Å². The Labute approximate surface area is 158 Å². The Morgan fingerprint density at radius 3 is 2.63 bits per heavy atom. The van der Waals surface area contributed by atoms with Gasteiger partial charge in [-0.15, -0.1) is 0 Å². The highest BCUT2D eigenvalue weighted by Crippen LogP contribution is 2.27. The number of carbonyl (C=O) groups excluding carboxylic acids is 2. The van der Waals surface area contributed by atoms with Gasteiger partial charge in [0.1, 0.15) is 5.76 Å². The molecule has 3 heterocycles. The summed E-state index contributed by atoms with van der Waals surface area (Å²) in [6.45, 7) is 2.37. The Bertz CT molecular complexity index is 797. The Morgan fingerprint density at radius 2 is 1.85 bits per heavy atom. The predicted octanol–water partition coefficient (Wildman–Crippen LogP) is 2.73. The fraction of sp³-hybridized carbons (Fsp3) is 0.400. The van der Waals surface area contributed by atoms with Gasteiger partial charge in [-0.1, -0.05) is 18.2 Å². The van der Waals surface area contributed by atoms with Crippen molar-refractivity contribution in [3.05, 3.63) is 54.0 Å². The summed E-state index contributed by atoms with van der Waals surface area (Å²) in [5, 5.41) is 5.99. The first kappa shape index (κ1) is 17.5. The molecule has 4 amide bonds. The van der Waals surface area contributed by atoms with Crippen molar-refractivity contribution in [2.45, 2.75) is 31.8 Å². The quantitative estimate of drug-likeness (QED) is 0.874. The number of anilines is 1. The van der Waals surface area contributed by atoms with E-state index in [2.05, 4.69) is 16.7 Å². The van der Waals surface area contributed by atoms with Gasteiger partial charge in [0.15, 0.2) is 0 Å². The van der Waals surface area contributed by atoms with E-state index in [9.17, 15) is 9.59 Å². The zero-order valence-corrected chi connectivity index (χ0v) is 15.2. The van der Waals surface area contributed by atoms with Crippen LogP contribution in [-0.4, -0.2) is 42.6 Å². The van der Waals surface area contributed by atoms with Crippen LogP contribution in [0, 0.1) is 0 Å². The Balaban J connectivity index is 1.24. The number of piperidine rings is 1. The van der Waals surface area contributed by atoms with Crippen molar-refractivity contribution in [1.29, 1.82) is 0 Å². The molecule has 142 valence electrons. The molecule has 0 saturated carbocycles. The largest absolute Gasteiger partial charge is 0.467 e. The van der Waals surface area contributed by atoms with Crippen LogP contribution in [0.1, 0.15) is 24.2 Å². The summed E-state index contributed by atoms with van der Waals surface area (Å²) in [4.78, 5) is 28.5. The second kappa shape index (κ2) is 7.73. The first-order valence-corrected chi connectivity index (χ1v) is 9.42. The van der Waals surface area contributed by atoms with Gasteiger partial charge in [0, 0.05) is 31.4 Å². The smallest absolute Gasteiger partial charge is 0.322 e. The summed E-state index contributed by atoms with van der Waals surface area (Å²) >= 11 is 0. The number of hydrogen-bond acceptors (Lipinski definition) is 3. The Kier molecular flexibility index (Phi) is 5.00. The lowest BCUT2D eigenvalue weighted by molar-refractivity contribution is 0.175. The van der Waals surface area contributed by atoms with Crippen molar-refractivity contribution in [3.63, 3.8) is 0 Å². The molecule has 0 atom stereocenters. The third-order valence-electron chi connectivity index (χ3n) is 5.24. The van der Waals surface area contributed by atoms with Crippen molar-refractivity contribution >= 4 is 17.7 Å². The number of carbonyl (C=O) groups is 2. The lowest BCUT2D eigenvalue weighted by atomic mass is 10.1. The van der Waals surface area contributed by atoms with Crippen LogP contribution in [-0.2, 0) is 13.0 Å². The van der Waals surface area contributed by atoms with Crippen molar-refractivity contribution in [2.75, 3.05) is 24.5 Å². The van der Waals surface area contributed by atoms with Gasteiger partial charge >= 0.3 is 12.1 Å². The number of benzene rings is 1. The van der Waals surface area contributed by atoms with Crippen LogP contribution in [0.5, 0.6) is 0 Å². The van der Waals surface area contributed by atoms with Gasteiger partial charge in [-0.2, -0.15) is 0 Å². The zero-order valence-electron chi connectivity index (χ0n) is 15.2. The number of amides is 4. The Hall–Kier alpha value is -2.96. The first-order chi connectivity index (χ1) is 13.2. The van der Waals surface area contributed by atoms with Crippen LogP contribution in [0.15, 0.2) is 47.1 Å². The molecule has 1 aromatic carbocycles. The second-order valence-corrected chi connectivity index (χ2v) is 6.98. The average molecular weight is 368 g/mol. The molecule has 4 rings (SSSR count). The number of rotatable bonds is 3. The molecule has 0 radical (unpaired) electrons. The van der Waals surface area contributed by atoms with Crippen molar-refractivity contribution in [1.82, 2.24) is 15.5 Å². The number of urea groups is 2. The van der Waals surface area contributed by atoms with Gasteiger partial charge in [0.2, 0.25) is 0 Å². The molecule has 1 saturated heterocycles. The molecule has 0 aliphatic carbocycles. The SMILES string of the molecule is O=C(NCc1ccco1)N1CCC(NC(=O)N2CCc3ccccc32)CC1. The van der Waals surface area contributed by atoms with Crippen LogP contribution >= 0.6 is 0 Å². The average Bonchev–Trinajstić information content (AvgIpc) is 3.36. The van der Waals surface area contributed by atoms with Crippen molar-refractivity contribution < 1.29 is 14.0 Å². The molecule has 27 heavy (non-hydrogen) atoms. The number of fused-ring (bicyclic) bond motifs is 1. The van der Waals surface area contributed by atoms with Gasteiger partial charge in [0.25, 0.3) is 0 Å². The highest BCUT2D eigenvalue weighted by atomic mass is 16.3. The van der Waals surface area contributed by atoms with Gasteiger partial charge in [-0.3, -0.25) is 4.90 Å². The number of likely N-dealkylation sites (tertiary alicyclic amines) is 1. The molecule has 1 aromatic heterocycles. The molecule has 0 unspecified atom stereocenters. The minimum Gasteiger partial charge on any atom is -0.467 e. The topological polar surface area (TPSA) is 77.8 Å². The molecule has 2 aliphatic heterocycles. The lowest BCUT2D eigenvalue weighted by Gasteiger charge is -2.33. The van der Waals surface area contributed by atoms with Crippen LogP contribution < -0.4 is 15.5 Å². The summed E-state index contributed by atoms with van der Waals surface area (Å²) in [6.07, 6.45) is 4.01. The monoisotopic (exact) mass is 368 g/mol. The Morgan fingerprint density at radius 1 is 1.04 bits per heavy atom. The van der Waals surface area contributed by atoms with Crippen molar-refractivity contribution in [3.8, 4) is 0 Å². The lowest BCUT2D eigenvalue weighted by Crippen LogP contribution is -2.51. The number of nitrogens with one attached hydrogen (secondary N) is 2. The fourth-order valence-electron chi connectivity index (χ4n) is 3.72. The highest BCUT2D eigenvalue weighted by Gasteiger charge is 2.28. The van der Waals surface area contributed by atoms with E-state index in [0.717, 1.165) is 37.3 Å². The summed E-state index contributed by atoms with van der Waals surface area (Å²) in [5.41, 5.74) is 2.22. The van der Waals surface area contributed by atoms with E-state index in [1.54, 1.807) is 17.2 Å². The number of furan rings is 1. The van der Waals surface area contributed by atoms with Gasteiger partial charge in [-0.05, 0) is 43.0 Å². The van der Waals surface area contributed by atoms with E-state index < -0.39 is 0 Å². The maximum atomic E-state index is 12.6. The third-order valence-corrected chi connectivity index (χ3v) is 5.24. The molecule has 7 heteroatoms. The van der Waals surface area contributed by atoms with Gasteiger partial charge in [-0.25, -0.2) is 9.59 Å². The van der Waals surface area contributed by atoms with Crippen LogP contribution in [0.2, 0.25) is 0 Å².